The van der Waals surface area contributed by atoms with Crippen LogP contribution in [-0.2, 0) is 16.4 Å². The lowest BCUT2D eigenvalue weighted by Crippen LogP contribution is -2.23. The van der Waals surface area contributed by atoms with Crippen molar-refractivity contribution >= 4 is 9.84 Å². The van der Waals surface area contributed by atoms with Gasteiger partial charge in [0, 0.05) is 24.4 Å². The molecule has 0 aromatic heterocycles. The van der Waals surface area contributed by atoms with Crippen LogP contribution in [0.5, 0.6) is 0 Å². The van der Waals surface area contributed by atoms with Gasteiger partial charge in [0.2, 0.25) is 0 Å². The van der Waals surface area contributed by atoms with Gasteiger partial charge in [-0.15, -0.1) is 0 Å². The molecule has 0 aliphatic carbocycles. The molecule has 0 unspecified atom stereocenters. The Labute approximate surface area is 106 Å². The van der Waals surface area contributed by atoms with E-state index in [9.17, 15) is 12.8 Å². The highest BCUT2D eigenvalue weighted by molar-refractivity contribution is 7.91. The van der Waals surface area contributed by atoms with E-state index in [-0.39, 0.29) is 30.2 Å². The molecule has 4 nitrogen and oxygen atoms in total. The van der Waals surface area contributed by atoms with Gasteiger partial charge in [-0.25, -0.2) is 12.8 Å². The highest BCUT2D eigenvalue weighted by Gasteiger charge is 2.07. The van der Waals surface area contributed by atoms with Crippen LogP contribution in [0.4, 0.5) is 4.39 Å². The summed E-state index contributed by atoms with van der Waals surface area (Å²) < 4.78 is 35.9. The van der Waals surface area contributed by atoms with Crippen LogP contribution in [0.1, 0.15) is 18.1 Å². The van der Waals surface area contributed by atoms with Crippen molar-refractivity contribution in [2.45, 2.75) is 13.5 Å². The third kappa shape index (κ3) is 4.43. The summed E-state index contributed by atoms with van der Waals surface area (Å²) >= 11 is 0. The fourth-order valence-corrected chi connectivity index (χ4v) is 2.10. The first-order chi connectivity index (χ1) is 8.48. The Bertz CT molecular complexity index is 550. The van der Waals surface area contributed by atoms with Gasteiger partial charge in [0.1, 0.15) is 5.82 Å². The molecule has 1 rings (SSSR count). The number of hydrogen-bond acceptors (Lipinski definition) is 4. The van der Waals surface area contributed by atoms with E-state index in [0.717, 1.165) is 0 Å². The number of nitriles is 1. The average Bonchev–Trinajstić information content (AvgIpc) is 2.36. The van der Waals surface area contributed by atoms with Crippen molar-refractivity contribution in [1.82, 2.24) is 5.32 Å². The first-order valence-corrected chi connectivity index (χ1v) is 7.40. The Hall–Kier alpha value is -1.45. The van der Waals surface area contributed by atoms with Crippen molar-refractivity contribution in [3.8, 4) is 6.07 Å². The zero-order valence-corrected chi connectivity index (χ0v) is 10.9. The first kappa shape index (κ1) is 14.6. The van der Waals surface area contributed by atoms with Gasteiger partial charge in [-0.05, 0) is 12.1 Å². The van der Waals surface area contributed by atoms with Gasteiger partial charge >= 0.3 is 0 Å². The van der Waals surface area contributed by atoms with Gasteiger partial charge < -0.3 is 5.32 Å². The summed E-state index contributed by atoms with van der Waals surface area (Å²) in [5.74, 6) is -0.304. The Balaban J connectivity index is 2.48. The molecule has 0 amide bonds. The number of nitrogens with one attached hydrogen (secondary N) is 1. The lowest BCUT2D eigenvalue weighted by atomic mass is 10.1. The molecule has 6 heteroatoms. The van der Waals surface area contributed by atoms with E-state index in [1.54, 1.807) is 6.92 Å². The molecule has 0 radical (unpaired) electrons. The molecule has 0 bridgehead atoms. The molecular formula is C12H15FN2O2S. The van der Waals surface area contributed by atoms with Crippen LogP contribution in [0.3, 0.4) is 0 Å². The second-order valence-electron chi connectivity index (χ2n) is 3.83. The first-order valence-electron chi connectivity index (χ1n) is 5.58. The van der Waals surface area contributed by atoms with Gasteiger partial charge in [-0.2, -0.15) is 5.26 Å². The van der Waals surface area contributed by atoms with Crippen molar-refractivity contribution < 1.29 is 12.8 Å². The van der Waals surface area contributed by atoms with Crippen molar-refractivity contribution in [3.05, 3.63) is 35.1 Å². The van der Waals surface area contributed by atoms with E-state index in [1.807, 2.05) is 6.07 Å². The lowest BCUT2D eigenvalue weighted by molar-refractivity contribution is 0.582. The van der Waals surface area contributed by atoms with E-state index in [4.69, 9.17) is 5.26 Å². The second-order valence-corrected chi connectivity index (χ2v) is 6.30. The SMILES string of the molecule is CCS(=O)(=O)CCNCc1ccc(C#N)cc1F. The molecule has 1 aromatic carbocycles. The van der Waals surface area contributed by atoms with E-state index >= 15 is 0 Å². The van der Waals surface area contributed by atoms with E-state index in [1.165, 1.54) is 18.2 Å². The Morgan fingerprint density at radius 3 is 2.72 bits per heavy atom. The Morgan fingerprint density at radius 2 is 2.17 bits per heavy atom. The number of benzene rings is 1. The minimum Gasteiger partial charge on any atom is -0.312 e. The quantitative estimate of drug-likeness (QED) is 0.789. The summed E-state index contributed by atoms with van der Waals surface area (Å²) in [6.07, 6.45) is 0. The predicted molar refractivity (Wildman–Crippen MR) is 67.1 cm³/mol. The van der Waals surface area contributed by atoms with Crippen LogP contribution >= 0.6 is 0 Å². The molecule has 0 saturated carbocycles. The van der Waals surface area contributed by atoms with Gasteiger partial charge in [-0.1, -0.05) is 13.0 Å². The summed E-state index contributed by atoms with van der Waals surface area (Å²) in [6.45, 7) is 2.13. The lowest BCUT2D eigenvalue weighted by Gasteiger charge is -2.06. The maximum Gasteiger partial charge on any atom is 0.151 e. The summed E-state index contributed by atoms with van der Waals surface area (Å²) in [6, 6.07) is 6.07. The fraction of sp³-hybridized carbons (Fsp3) is 0.417. The third-order valence-electron chi connectivity index (χ3n) is 2.53. The number of nitrogens with zero attached hydrogens (tertiary/aromatic N) is 1. The highest BCUT2D eigenvalue weighted by Crippen LogP contribution is 2.09. The van der Waals surface area contributed by atoms with Crippen LogP contribution in [0.25, 0.3) is 0 Å². The molecule has 0 spiro atoms. The molecule has 0 saturated heterocycles. The Kier molecular flexibility index (Phi) is 5.25. The van der Waals surface area contributed by atoms with E-state index < -0.39 is 15.7 Å². The zero-order valence-electron chi connectivity index (χ0n) is 10.1. The molecule has 98 valence electrons. The largest absolute Gasteiger partial charge is 0.312 e. The van der Waals surface area contributed by atoms with Crippen molar-refractivity contribution in [2.75, 3.05) is 18.1 Å². The van der Waals surface area contributed by atoms with E-state index in [2.05, 4.69) is 5.32 Å². The summed E-state index contributed by atoms with van der Waals surface area (Å²) in [7, 11) is -2.99. The summed E-state index contributed by atoms with van der Waals surface area (Å²) in [4.78, 5) is 0. The number of sulfone groups is 1. The highest BCUT2D eigenvalue weighted by atomic mass is 32.2. The van der Waals surface area contributed by atoms with Crippen LogP contribution in [0.2, 0.25) is 0 Å². The average molecular weight is 270 g/mol. The van der Waals surface area contributed by atoms with Crippen LogP contribution in [0.15, 0.2) is 18.2 Å². The smallest absolute Gasteiger partial charge is 0.151 e. The Morgan fingerprint density at radius 1 is 1.44 bits per heavy atom. The van der Waals surface area contributed by atoms with Crippen LogP contribution < -0.4 is 5.32 Å². The fourth-order valence-electron chi connectivity index (χ4n) is 1.36. The van der Waals surface area contributed by atoms with Gasteiger partial charge in [0.25, 0.3) is 0 Å². The molecule has 0 heterocycles. The maximum atomic E-state index is 13.5. The normalized spacial score (nSPS) is 11.2. The maximum absolute atomic E-state index is 13.5. The molecule has 1 aromatic rings. The predicted octanol–water partition coefficient (Wildman–Crippen LogP) is 1.22. The van der Waals surface area contributed by atoms with Crippen molar-refractivity contribution in [2.24, 2.45) is 0 Å². The molecular weight excluding hydrogens is 255 g/mol. The molecule has 18 heavy (non-hydrogen) atoms. The third-order valence-corrected chi connectivity index (χ3v) is 4.23. The molecule has 0 fully saturated rings. The molecule has 0 aliphatic heterocycles. The topological polar surface area (TPSA) is 70.0 Å². The summed E-state index contributed by atoms with van der Waals surface area (Å²) in [5, 5.41) is 11.5. The molecule has 1 N–H and O–H groups in total. The number of hydrogen-bond donors (Lipinski definition) is 1. The zero-order chi connectivity index (χ0) is 13.6. The van der Waals surface area contributed by atoms with Crippen LogP contribution in [-0.4, -0.2) is 26.5 Å². The summed E-state index contributed by atoms with van der Waals surface area (Å²) in [5.41, 5.74) is 0.688. The van der Waals surface area contributed by atoms with Gasteiger partial charge in [0.05, 0.1) is 17.4 Å². The van der Waals surface area contributed by atoms with Gasteiger partial charge in [0.15, 0.2) is 9.84 Å². The monoisotopic (exact) mass is 270 g/mol. The second kappa shape index (κ2) is 6.47. The van der Waals surface area contributed by atoms with Gasteiger partial charge in [-0.3, -0.25) is 0 Å². The minimum atomic E-state index is -2.99. The van der Waals surface area contributed by atoms with E-state index in [0.29, 0.717) is 5.56 Å². The van der Waals surface area contributed by atoms with Crippen molar-refractivity contribution in [1.29, 1.82) is 5.26 Å². The van der Waals surface area contributed by atoms with Crippen molar-refractivity contribution in [3.63, 3.8) is 0 Å². The molecule has 0 atom stereocenters. The minimum absolute atomic E-state index is 0.0431. The number of rotatable bonds is 6. The van der Waals surface area contributed by atoms with Crippen LogP contribution in [0, 0.1) is 17.1 Å². The number of halogens is 1. The molecule has 0 aliphatic rings. The standard InChI is InChI=1S/C12H15FN2O2S/c1-2-18(16,17)6-5-15-9-11-4-3-10(8-14)7-12(11)13/h3-4,7,15H,2,5-6,9H2,1H3.